The Morgan fingerprint density at radius 1 is 0.930 bits per heavy atom. The standard InChI is InChI=1S/C30H20F5N3O5/c1-14-3-6-19(9-15(14)2)38-24-11-17(30(33,34)35)5-7-20(24)26(28(38)40)37-36-23-13-18(31)12-21(27(23)39)16-4-8-22(32)25(10-16)43-29(41)42/h3-13,36,39H,1-2H3,(H,41,42). The Morgan fingerprint density at radius 2 is 1.67 bits per heavy atom. The molecule has 1 aliphatic rings. The molecule has 0 spiro atoms. The number of carboxylic acid groups (broad SMARTS) is 1. The topological polar surface area (TPSA) is 111 Å². The second-order valence-electron chi connectivity index (χ2n) is 9.57. The first-order valence-corrected chi connectivity index (χ1v) is 12.4. The largest absolute Gasteiger partial charge is 0.511 e. The summed E-state index contributed by atoms with van der Waals surface area (Å²) in [7, 11) is 0. The van der Waals surface area contributed by atoms with Crippen molar-refractivity contribution in [2.24, 2.45) is 5.10 Å². The summed E-state index contributed by atoms with van der Waals surface area (Å²) < 4.78 is 73.7. The molecule has 0 saturated heterocycles. The van der Waals surface area contributed by atoms with E-state index in [0.717, 1.165) is 64.6 Å². The van der Waals surface area contributed by atoms with E-state index in [4.69, 9.17) is 5.11 Å². The second-order valence-corrected chi connectivity index (χ2v) is 9.57. The number of hydrogen-bond acceptors (Lipinski definition) is 6. The molecule has 1 heterocycles. The number of fused-ring (bicyclic) bond motifs is 1. The maximum atomic E-state index is 14.6. The zero-order valence-electron chi connectivity index (χ0n) is 22.3. The molecule has 220 valence electrons. The molecule has 43 heavy (non-hydrogen) atoms. The van der Waals surface area contributed by atoms with Gasteiger partial charge in [0, 0.05) is 22.9 Å². The zero-order chi connectivity index (χ0) is 31.2. The van der Waals surface area contributed by atoms with E-state index in [1.165, 1.54) is 0 Å². The number of anilines is 3. The fourth-order valence-corrected chi connectivity index (χ4v) is 4.52. The SMILES string of the molecule is Cc1ccc(N2C(=O)C(=NNc3cc(F)cc(-c4ccc(F)c(OC(=O)O)c4)c3O)c3ccc(C(F)(F)F)cc32)cc1C. The highest BCUT2D eigenvalue weighted by Crippen LogP contribution is 2.42. The lowest BCUT2D eigenvalue weighted by Gasteiger charge is -2.19. The van der Waals surface area contributed by atoms with Crippen LogP contribution in [-0.2, 0) is 11.0 Å². The summed E-state index contributed by atoms with van der Waals surface area (Å²) >= 11 is 0. The normalized spacial score (nSPS) is 13.8. The average molecular weight is 597 g/mol. The molecular formula is C30H20F5N3O5. The number of nitrogens with one attached hydrogen (secondary N) is 1. The number of ether oxygens (including phenoxy) is 1. The molecule has 0 bridgehead atoms. The van der Waals surface area contributed by atoms with Gasteiger partial charge in [0.05, 0.1) is 11.3 Å². The van der Waals surface area contributed by atoms with Crippen LogP contribution in [0.3, 0.4) is 0 Å². The number of hydrogen-bond donors (Lipinski definition) is 3. The third-order valence-corrected chi connectivity index (χ3v) is 6.78. The van der Waals surface area contributed by atoms with Crippen molar-refractivity contribution < 1.29 is 46.5 Å². The Morgan fingerprint density at radius 3 is 2.35 bits per heavy atom. The van der Waals surface area contributed by atoms with Gasteiger partial charge in [0.2, 0.25) is 0 Å². The maximum Gasteiger partial charge on any atom is 0.511 e. The molecule has 0 aromatic heterocycles. The molecule has 13 heteroatoms. The monoisotopic (exact) mass is 597 g/mol. The van der Waals surface area contributed by atoms with Crippen molar-refractivity contribution in [3.8, 4) is 22.6 Å². The first-order valence-electron chi connectivity index (χ1n) is 12.4. The summed E-state index contributed by atoms with van der Waals surface area (Å²) in [5.74, 6) is -4.00. The summed E-state index contributed by atoms with van der Waals surface area (Å²) in [6, 6.07) is 12.3. The van der Waals surface area contributed by atoms with Crippen molar-refractivity contribution in [2.45, 2.75) is 20.0 Å². The van der Waals surface area contributed by atoms with Gasteiger partial charge >= 0.3 is 12.3 Å². The molecule has 4 aromatic rings. The van der Waals surface area contributed by atoms with Crippen molar-refractivity contribution in [3.63, 3.8) is 0 Å². The Balaban J connectivity index is 1.57. The minimum Gasteiger partial charge on any atom is -0.505 e. The lowest BCUT2D eigenvalue weighted by molar-refractivity contribution is -0.137. The van der Waals surface area contributed by atoms with E-state index in [1.807, 2.05) is 6.92 Å². The fraction of sp³-hybridized carbons (Fsp3) is 0.100. The van der Waals surface area contributed by atoms with E-state index in [9.17, 15) is 36.6 Å². The van der Waals surface area contributed by atoms with Gasteiger partial charge in [-0.1, -0.05) is 12.1 Å². The Labute approximate surface area is 240 Å². The lowest BCUT2D eigenvalue weighted by Crippen LogP contribution is -2.26. The predicted molar refractivity (Wildman–Crippen MR) is 147 cm³/mol. The van der Waals surface area contributed by atoms with Gasteiger partial charge in [0.15, 0.2) is 17.3 Å². The smallest absolute Gasteiger partial charge is 0.505 e. The first kappa shape index (κ1) is 29.0. The number of phenols is 1. The number of aromatic hydroxyl groups is 1. The molecule has 0 aliphatic carbocycles. The van der Waals surface area contributed by atoms with Crippen LogP contribution in [0.5, 0.6) is 11.5 Å². The van der Waals surface area contributed by atoms with Gasteiger partial charge in [-0.2, -0.15) is 18.3 Å². The average Bonchev–Trinajstić information content (AvgIpc) is 3.21. The summed E-state index contributed by atoms with van der Waals surface area (Å²) in [6.45, 7) is 3.62. The number of phenolic OH excluding ortho intramolecular Hbond substituents is 1. The number of carbonyl (C=O) groups excluding carboxylic acids is 1. The van der Waals surface area contributed by atoms with Crippen molar-refractivity contribution in [1.82, 2.24) is 0 Å². The van der Waals surface area contributed by atoms with Crippen LogP contribution in [0.1, 0.15) is 22.3 Å². The minimum atomic E-state index is -4.69. The number of nitrogens with zero attached hydrogens (tertiary/aromatic N) is 2. The summed E-state index contributed by atoms with van der Waals surface area (Å²) in [6.07, 6.45) is -6.48. The lowest BCUT2D eigenvalue weighted by atomic mass is 10.0. The second kappa shape index (κ2) is 10.7. The van der Waals surface area contributed by atoms with Gasteiger partial charge in [-0.15, -0.1) is 0 Å². The number of amides is 1. The summed E-state index contributed by atoms with van der Waals surface area (Å²) in [4.78, 5) is 25.5. The number of aryl methyl sites for hydroxylation is 2. The molecule has 3 N–H and O–H groups in total. The Bertz CT molecular complexity index is 1840. The van der Waals surface area contributed by atoms with Crippen molar-refractivity contribution >= 4 is 34.8 Å². The summed E-state index contributed by atoms with van der Waals surface area (Å²) in [5, 5.41) is 23.7. The molecule has 5 rings (SSSR count). The zero-order valence-corrected chi connectivity index (χ0v) is 22.3. The number of rotatable bonds is 5. The van der Waals surface area contributed by atoms with Gasteiger partial charge in [0.25, 0.3) is 5.91 Å². The highest BCUT2D eigenvalue weighted by Gasteiger charge is 2.39. The van der Waals surface area contributed by atoms with E-state index in [1.54, 1.807) is 25.1 Å². The number of hydrazone groups is 1. The van der Waals surface area contributed by atoms with Crippen LogP contribution in [0.4, 0.5) is 43.8 Å². The van der Waals surface area contributed by atoms with E-state index in [0.29, 0.717) is 5.69 Å². The summed E-state index contributed by atoms with van der Waals surface area (Å²) in [5.41, 5.74) is 2.48. The number of benzene rings is 4. The molecule has 1 amide bonds. The molecule has 0 atom stereocenters. The van der Waals surface area contributed by atoms with E-state index in [-0.39, 0.29) is 33.8 Å². The van der Waals surface area contributed by atoms with Gasteiger partial charge in [-0.3, -0.25) is 15.1 Å². The van der Waals surface area contributed by atoms with Gasteiger partial charge in [-0.05, 0) is 79.1 Å². The third-order valence-electron chi connectivity index (χ3n) is 6.78. The number of alkyl halides is 3. The van der Waals surface area contributed by atoms with Gasteiger partial charge in [0.1, 0.15) is 17.3 Å². The maximum absolute atomic E-state index is 14.6. The number of halogens is 5. The predicted octanol–water partition coefficient (Wildman–Crippen LogP) is 7.52. The molecular weight excluding hydrogens is 577 g/mol. The highest BCUT2D eigenvalue weighted by atomic mass is 19.4. The third kappa shape index (κ3) is 5.56. The van der Waals surface area contributed by atoms with Crippen molar-refractivity contribution in [3.05, 3.63) is 101 Å². The quantitative estimate of drug-likeness (QED) is 0.0722. The van der Waals surface area contributed by atoms with Crippen LogP contribution in [0.15, 0.2) is 71.8 Å². The number of carbonyl (C=O) groups is 2. The Hall–Kier alpha value is -5.46. The van der Waals surface area contributed by atoms with E-state index in [2.05, 4.69) is 15.3 Å². The van der Waals surface area contributed by atoms with Crippen LogP contribution in [0, 0.1) is 25.5 Å². The molecule has 8 nitrogen and oxygen atoms in total. The van der Waals surface area contributed by atoms with Crippen molar-refractivity contribution in [2.75, 3.05) is 10.3 Å². The molecule has 0 radical (unpaired) electrons. The molecule has 0 saturated carbocycles. The van der Waals surface area contributed by atoms with E-state index >= 15 is 0 Å². The Kier molecular flexibility index (Phi) is 7.26. The minimum absolute atomic E-state index is 0.0202. The molecule has 0 fully saturated rings. The fourth-order valence-electron chi connectivity index (χ4n) is 4.52. The molecule has 1 aliphatic heterocycles. The van der Waals surface area contributed by atoms with E-state index < -0.39 is 46.9 Å². The van der Waals surface area contributed by atoms with Crippen LogP contribution in [-0.4, -0.2) is 28.0 Å². The highest BCUT2D eigenvalue weighted by molar-refractivity contribution is 6.55. The van der Waals surface area contributed by atoms with Crippen LogP contribution >= 0.6 is 0 Å². The van der Waals surface area contributed by atoms with Crippen LogP contribution < -0.4 is 15.1 Å². The molecule has 4 aromatic carbocycles. The van der Waals surface area contributed by atoms with Crippen LogP contribution in [0.25, 0.3) is 11.1 Å². The molecule has 0 unspecified atom stereocenters. The first-order chi connectivity index (χ1) is 20.2. The van der Waals surface area contributed by atoms with Crippen molar-refractivity contribution in [1.29, 1.82) is 0 Å². The van der Waals surface area contributed by atoms with Gasteiger partial charge < -0.3 is 14.9 Å². The van der Waals surface area contributed by atoms with Crippen LogP contribution in [0.2, 0.25) is 0 Å². The van der Waals surface area contributed by atoms with Gasteiger partial charge in [-0.25, -0.2) is 13.6 Å².